The van der Waals surface area contributed by atoms with Crippen LogP contribution in [0.4, 0.5) is 5.69 Å². The van der Waals surface area contributed by atoms with E-state index in [0.717, 1.165) is 19.4 Å². The number of nitrogens with one attached hydrogen (secondary N) is 2. The van der Waals surface area contributed by atoms with Gasteiger partial charge in [0.25, 0.3) is 5.91 Å². The number of hydrogen-bond donors (Lipinski definition) is 2. The molecule has 1 aromatic heterocycles. The fourth-order valence-electron chi connectivity index (χ4n) is 3.50. The second-order valence-electron chi connectivity index (χ2n) is 7.81. The summed E-state index contributed by atoms with van der Waals surface area (Å²) in [5.74, 6) is 0.704. The molecule has 3 aromatic rings. The van der Waals surface area contributed by atoms with E-state index in [2.05, 4.69) is 10.0 Å². The third-order valence-electron chi connectivity index (χ3n) is 5.33. The molecule has 174 valence electrons. The van der Waals surface area contributed by atoms with Gasteiger partial charge in [-0.2, -0.15) is 0 Å². The molecule has 1 atom stereocenters. The average Bonchev–Trinajstić information content (AvgIpc) is 3.51. The zero-order chi connectivity index (χ0) is 23.3. The molecule has 1 fully saturated rings. The molecule has 0 saturated carbocycles. The minimum absolute atomic E-state index is 0.00143. The van der Waals surface area contributed by atoms with Gasteiger partial charge in [0.05, 0.1) is 23.8 Å². The van der Waals surface area contributed by atoms with Crippen LogP contribution in [0.1, 0.15) is 34.5 Å². The molecule has 2 aromatic carbocycles. The number of hydrogen-bond acceptors (Lipinski definition) is 6. The van der Waals surface area contributed by atoms with Gasteiger partial charge in [-0.25, -0.2) is 13.1 Å². The van der Waals surface area contributed by atoms with E-state index in [4.69, 9.17) is 13.9 Å². The number of carbonyl (C=O) groups excluding carboxylic acids is 1. The van der Waals surface area contributed by atoms with E-state index in [9.17, 15) is 13.2 Å². The first-order valence-electron chi connectivity index (χ1n) is 10.7. The Kier molecular flexibility index (Phi) is 7.12. The quantitative estimate of drug-likeness (QED) is 0.492. The van der Waals surface area contributed by atoms with E-state index in [-0.39, 0.29) is 23.1 Å². The minimum Gasteiger partial charge on any atom is -0.491 e. The van der Waals surface area contributed by atoms with Gasteiger partial charge < -0.3 is 19.2 Å². The maximum atomic E-state index is 12.9. The SMILES string of the molecule is Cc1ccc(S(=O)(=O)NCc2ccco2)cc1C(=O)Nc1cccc(OCC2CCCO2)c1. The van der Waals surface area contributed by atoms with Gasteiger partial charge in [-0.1, -0.05) is 12.1 Å². The van der Waals surface area contributed by atoms with Gasteiger partial charge in [-0.3, -0.25) is 4.79 Å². The molecule has 0 aliphatic carbocycles. The highest BCUT2D eigenvalue weighted by molar-refractivity contribution is 7.89. The Balaban J connectivity index is 1.44. The summed E-state index contributed by atoms with van der Waals surface area (Å²) in [6.07, 6.45) is 3.58. The Morgan fingerprint density at radius 2 is 2.03 bits per heavy atom. The molecular weight excluding hydrogens is 444 g/mol. The molecule has 1 amide bonds. The van der Waals surface area contributed by atoms with Crippen molar-refractivity contribution in [1.82, 2.24) is 4.72 Å². The predicted molar refractivity (Wildman–Crippen MR) is 123 cm³/mol. The zero-order valence-corrected chi connectivity index (χ0v) is 19.1. The summed E-state index contributed by atoms with van der Waals surface area (Å²) >= 11 is 0. The van der Waals surface area contributed by atoms with Crippen molar-refractivity contribution in [3.8, 4) is 5.75 Å². The number of amides is 1. The van der Waals surface area contributed by atoms with E-state index in [1.807, 2.05) is 6.07 Å². The number of sulfonamides is 1. The molecule has 1 unspecified atom stereocenters. The van der Waals surface area contributed by atoms with Crippen molar-refractivity contribution in [2.24, 2.45) is 0 Å². The Bertz CT molecular complexity index is 1200. The Morgan fingerprint density at radius 1 is 1.15 bits per heavy atom. The number of anilines is 1. The first-order valence-corrected chi connectivity index (χ1v) is 12.2. The van der Waals surface area contributed by atoms with Crippen molar-refractivity contribution >= 4 is 21.6 Å². The third-order valence-corrected chi connectivity index (χ3v) is 6.73. The van der Waals surface area contributed by atoms with Crippen LogP contribution in [0, 0.1) is 6.92 Å². The maximum absolute atomic E-state index is 12.9. The van der Waals surface area contributed by atoms with Crippen LogP contribution in [0.25, 0.3) is 0 Å². The smallest absolute Gasteiger partial charge is 0.255 e. The van der Waals surface area contributed by atoms with E-state index in [1.165, 1.54) is 18.4 Å². The molecule has 1 saturated heterocycles. The predicted octanol–water partition coefficient (Wildman–Crippen LogP) is 3.88. The molecule has 2 N–H and O–H groups in total. The summed E-state index contributed by atoms with van der Waals surface area (Å²) in [5, 5.41) is 2.82. The van der Waals surface area contributed by atoms with Crippen LogP contribution in [-0.4, -0.2) is 33.6 Å². The number of benzene rings is 2. The summed E-state index contributed by atoms with van der Waals surface area (Å²) in [6.45, 7) is 2.99. The number of carbonyl (C=O) groups is 1. The number of aryl methyl sites for hydroxylation is 1. The molecule has 0 bridgehead atoms. The topological polar surface area (TPSA) is 107 Å². The van der Waals surface area contributed by atoms with Crippen molar-refractivity contribution in [1.29, 1.82) is 0 Å². The van der Waals surface area contributed by atoms with E-state index < -0.39 is 15.9 Å². The van der Waals surface area contributed by atoms with Gasteiger partial charge in [-0.15, -0.1) is 0 Å². The molecule has 8 nitrogen and oxygen atoms in total. The van der Waals surface area contributed by atoms with Crippen LogP contribution in [0.15, 0.2) is 70.2 Å². The second-order valence-corrected chi connectivity index (χ2v) is 9.58. The molecule has 33 heavy (non-hydrogen) atoms. The van der Waals surface area contributed by atoms with Crippen LogP contribution in [0.5, 0.6) is 5.75 Å². The highest BCUT2D eigenvalue weighted by atomic mass is 32.2. The summed E-state index contributed by atoms with van der Waals surface area (Å²) in [5.41, 5.74) is 1.47. The third kappa shape index (κ3) is 6.01. The van der Waals surface area contributed by atoms with Gasteiger partial charge in [0.15, 0.2) is 0 Å². The zero-order valence-electron chi connectivity index (χ0n) is 18.2. The van der Waals surface area contributed by atoms with Gasteiger partial charge in [-0.05, 0) is 61.7 Å². The van der Waals surface area contributed by atoms with E-state index >= 15 is 0 Å². The van der Waals surface area contributed by atoms with Crippen molar-refractivity contribution < 1.29 is 27.1 Å². The molecule has 0 radical (unpaired) electrons. The Labute approximate surface area is 193 Å². The van der Waals surface area contributed by atoms with Crippen LogP contribution in [0.3, 0.4) is 0 Å². The monoisotopic (exact) mass is 470 g/mol. The summed E-state index contributed by atoms with van der Waals surface area (Å²) < 4.78 is 44.4. The largest absolute Gasteiger partial charge is 0.491 e. The van der Waals surface area contributed by atoms with Crippen molar-refractivity contribution in [3.63, 3.8) is 0 Å². The Morgan fingerprint density at radius 3 is 2.79 bits per heavy atom. The molecule has 4 rings (SSSR count). The minimum atomic E-state index is -3.83. The molecule has 0 spiro atoms. The molecule has 9 heteroatoms. The number of ether oxygens (including phenoxy) is 2. The number of furan rings is 1. The molecule has 1 aliphatic rings. The first kappa shape index (κ1) is 23.0. The molecule has 1 aliphatic heterocycles. The summed E-state index contributed by atoms with van der Waals surface area (Å²) in [4.78, 5) is 12.9. The standard InChI is InChI=1S/C24H26N2O6S/c1-17-9-10-22(33(28,29)25-15-20-7-3-11-30-20)14-23(17)24(27)26-18-5-2-6-19(13-18)32-16-21-8-4-12-31-21/h2-3,5-7,9-11,13-14,21,25H,4,8,12,15-16H2,1H3,(H,26,27). The normalized spacial score (nSPS) is 16.0. The summed E-state index contributed by atoms with van der Waals surface area (Å²) in [6, 6.07) is 14.9. The van der Waals surface area contributed by atoms with Crippen LogP contribution < -0.4 is 14.8 Å². The Hall–Kier alpha value is -3.14. The fourth-order valence-corrected chi connectivity index (χ4v) is 4.52. The van der Waals surface area contributed by atoms with E-state index in [1.54, 1.807) is 43.3 Å². The highest BCUT2D eigenvalue weighted by Gasteiger charge is 2.19. The first-order chi connectivity index (χ1) is 15.9. The lowest BCUT2D eigenvalue weighted by Crippen LogP contribution is -2.24. The van der Waals surface area contributed by atoms with E-state index in [0.29, 0.717) is 29.4 Å². The van der Waals surface area contributed by atoms with Crippen molar-refractivity contribution in [3.05, 3.63) is 77.7 Å². The maximum Gasteiger partial charge on any atom is 0.255 e. The van der Waals surface area contributed by atoms with Crippen molar-refractivity contribution in [2.75, 3.05) is 18.5 Å². The van der Waals surface area contributed by atoms with Crippen LogP contribution >= 0.6 is 0 Å². The van der Waals surface area contributed by atoms with Crippen LogP contribution in [-0.2, 0) is 21.3 Å². The van der Waals surface area contributed by atoms with Gasteiger partial charge in [0.2, 0.25) is 10.0 Å². The molecule has 2 heterocycles. The summed E-state index contributed by atoms with van der Waals surface area (Å²) in [7, 11) is -3.83. The lowest BCUT2D eigenvalue weighted by molar-refractivity contribution is 0.0680. The molecular formula is C24H26N2O6S. The van der Waals surface area contributed by atoms with Gasteiger partial charge >= 0.3 is 0 Å². The van der Waals surface area contributed by atoms with Crippen LogP contribution in [0.2, 0.25) is 0 Å². The van der Waals surface area contributed by atoms with Crippen molar-refractivity contribution in [2.45, 2.75) is 37.3 Å². The van der Waals surface area contributed by atoms with Gasteiger partial charge in [0.1, 0.15) is 18.1 Å². The lowest BCUT2D eigenvalue weighted by Gasteiger charge is -2.13. The van der Waals surface area contributed by atoms with Gasteiger partial charge in [0, 0.05) is 23.9 Å². The highest BCUT2D eigenvalue weighted by Crippen LogP contribution is 2.22. The fraction of sp³-hybridized carbons (Fsp3) is 0.292. The second kappa shape index (κ2) is 10.2. The number of rotatable bonds is 9. The average molecular weight is 471 g/mol. The lowest BCUT2D eigenvalue weighted by atomic mass is 10.1.